The largest absolute Gasteiger partial charge is 0.481 e. The highest BCUT2D eigenvalue weighted by Gasteiger charge is 2.11. The molecule has 8 heteroatoms. The number of aryl methyl sites for hydroxylation is 1. The van der Waals surface area contributed by atoms with Crippen molar-refractivity contribution in [3.8, 4) is 0 Å². The van der Waals surface area contributed by atoms with Crippen molar-refractivity contribution in [2.24, 2.45) is 0 Å². The van der Waals surface area contributed by atoms with Gasteiger partial charge in [-0.15, -0.1) is 5.10 Å². The first kappa shape index (κ1) is 14.1. The second-order valence-electron chi connectivity index (χ2n) is 3.93. The minimum Gasteiger partial charge on any atom is -0.481 e. The number of carboxylic acids is 2. The molecule has 0 aromatic carbocycles. The Balaban J connectivity index is 2.38. The van der Waals surface area contributed by atoms with E-state index in [4.69, 9.17) is 10.2 Å². The fourth-order valence-electron chi connectivity index (χ4n) is 1.45. The highest BCUT2D eigenvalue weighted by atomic mass is 16.4. The van der Waals surface area contributed by atoms with Gasteiger partial charge in [0, 0.05) is 12.6 Å². The summed E-state index contributed by atoms with van der Waals surface area (Å²) in [7, 11) is 0. The molecule has 1 heterocycles. The Labute approximate surface area is 103 Å². The monoisotopic (exact) mass is 257 g/mol. The Morgan fingerprint density at radius 2 is 2.06 bits per heavy atom. The van der Waals surface area contributed by atoms with E-state index >= 15 is 0 Å². The predicted molar refractivity (Wildman–Crippen MR) is 58.9 cm³/mol. The van der Waals surface area contributed by atoms with Gasteiger partial charge in [0.05, 0.1) is 24.8 Å². The summed E-state index contributed by atoms with van der Waals surface area (Å²) in [5, 5.41) is 33.9. The zero-order chi connectivity index (χ0) is 13.5. The van der Waals surface area contributed by atoms with E-state index in [1.54, 1.807) is 6.20 Å². The smallest absolute Gasteiger partial charge is 0.306 e. The van der Waals surface area contributed by atoms with Gasteiger partial charge in [-0.1, -0.05) is 5.21 Å². The van der Waals surface area contributed by atoms with E-state index in [9.17, 15) is 14.7 Å². The maximum absolute atomic E-state index is 10.3. The Hall–Kier alpha value is -1.96. The highest BCUT2D eigenvalue weighted by molar-refractivity contribution is 5.67. The minimum atomic E-state index is -1.08. The van der Waals surface area contributed by atoms with E-state index in [1.807, 2.05) is 0 Å². The van der Waals surface area contributed by atoms with Crippen LogP contribution in [0.1, 0.15) is 25.0 Å². The Morgan fingerprint density at radius 1 is 1.33 bits per heavy atom. The minimum absolute atomic E-state index is 0.0538. The van der Waals surface area contributed by atoms with Crippen molar-refractivity contribution in [1.82, 2.24) is 15.0 Å². The van der Waals surface area contributed by atoms with Gasteiger partial charge < -0.3 is 15.3 Å². The van der Waals surface area contributed by atoms with Crippen LogP contribution in [0, 0.1) is 0 Å². The van der Waals surface area contributed by atoms with Gasteiger partial charge in [-0.25, -0.2) is 4.68 Å². The quantitative estimate of drug-likeness (QED) is 0.574. The maximum atomic E-state index is 10.3. The number of carboxylic acid groups (broad SMARTS) is 2. The number of aliphatic carboxylic acids is 2. The van der Waals surface area contributed by atoms with Crippen LogP contribution in [0.5, 0.6) is 0 Å². The molecule has 1 rings (SSSR count). The first-order chi connectivity index (χ1) is 8.47. The van der Waals surface area contributed by atoms with Gasteiger partial charge in [0.15, 0.2) is 0 Å². The average Bonchev–Trinajstić information content (AvgIpc) is 2.63. The van der Waals surface area contributed by atoms with Gasteiger partial charge in [-0.2, -0.15) is 0 Å². The molecule has 0 amide bonds. The molecule has 18 heavy (non-hydrogen) atoms. The van der Waals surface area contributed by atoms with Gasteiger partial charge in [-0.05, 0) is 12.8 Å². The second-order valence-corrected chi connectivity index (χ2v) is 3.93. The molecule has 0 radical (unpaired) electrons. The molecule has 0 bridgehead atoms. The van der Waals surface area contributed by atoms with Gasteiger partial charge in [0.25, 0.3) is 0 Å². The van der Waals surface area contributed by atoms with E-state index in [2.05, 4.69) is 10.3 Å². The molecule has 1 aromatic heterocycles. The zero-order valence-corrected chi connectivity index (χ0v) is 9.69. The third kappa shape index (κ3) is 5.39. The summed E-state index contributed by atoms with van der Waals surface area (Å²) in [5.41, 5.74) is 0.624. The molecule has 0 aliphatic heterocycles. The molecule has 8 nitrogen and oxygen atoms in total. The number of carbonyl (C=O) groups is 2. The number of hydrogen-bond acceptors (Lipinski definition) is 5. The van der Waals surface area contributed by atoms with Crippen LogP contribution in [-0.4, -0.2) is 48.4 Å². The Morgan fingerprint density at radius 3 is 2.67 bits per heavy atom. The number of aliphatic hydroxyl groups excluding tert-OH is 1. The first-order valence-electron chi connectivity index (χ1n) is 5.48. The molecule has 0 saturated carbocycles. The fourth-order valence-corrected chi connectivity index (χ4v) is 1.45. The summed E-state index contributed by atoms with van der Waals surface area (Å²) >= 11 is 0. The lowest BCUT2D eigenvalue weighted by molar-refractivity contribution is -0.139. The SMILES string of the molecule is O=C(O)CCCc1cn(C[C@H](O)CC(=O)O)nn1. The maximum Gasteiger partial charge on any atom is 0.306 e. The molecule has 0 aliphatic rings. The molecule has 1 aromatic rings. The molecule has 1 atom stereocenters. The molecule has 0 aliphatic carbocycles. The lowest BCUT2D eigenvalue weighted by atomic mass is 10.2. The van der Waals surface area contributed by atoms with E-state index in [1.165, 1.54) is 4.68 Å². The lowest BCUT2D eigenvalue weighted by Crippen LogP contribution is -2.20. The summed E-state index contributed by atoms with van der Waals surface area (Å²) in [6.45, 7) is 0.0538. The van der Waals surface area contributed by atoms with Crippen LogP contribution in [0.25, 0.3) is 0 Å². The van der Waals surface area contributed by atoms with Crippen LogP contribution >= 0.6 is 0 Å². The van der Waals surface area contributed by atoms with Crippen molar-refractivity contribution in [3.63, 3.8) is 0 Å². The zero-order valence-electron chi connectivity index (χ0n) is 9.69. The standard InChI is InChI=1S/C10H15N3O5/c14-8(4-10(17)18)6-13-5-7(11-12-13)2-1-3-9(15)16/h5,8,14H,1-4,6H2,(H,15,16)(H,17,18)/t8-/m1/s1. The van der Waals surface area contributed by atoms with Crippen LogP contribution in [0.4, 0.5) is 0 Å². The van der Waals surface area contributed by atoms with Crippen LogP contribution in [-0.2, 0) is 22.6 Å². The topological polar surface area (TPSA) is 126 Å². The lowest BCUT2D eigenvalue weighted by Gasteiger charge is -2.06. The van der Waals surface area contributed by atoms with E-state index < -0.39 is 18.0 Å². The van der Waals surface area contributed by atoms with Crippen molar-refractivity contribution in [1.29, 1.82) is 0 Å². The molecule has 0 saturated heterocycles. The Bertz CT molecular complexity index is 417. The summed E-state index contributed by atoms with van der Waals surface area (Å²) in [6.07, 6.45) is 1.22. The molecule has 0 fully saturated rings. The third-order valence-corrected chi connectivity index (χ3v) is 2.22. The van der Waals surface area contributed by atoms with Crippen LogP contribution in [0.3, 0.4) is 0 Å². The normalized spacial score (nSPS) is 12.3. The number of hydrogen-bond donors (Lipinski definition) is 3. The van der Waals surface area contributed by atoms with Crippen molar-refractivity contribution in [2.45, 2.75) is 38.3 Å². The third-order valence-electron chi connectivity index (χ3n) is 2.22. The van der Waals surface area contributed by atoms with Crippen LogP contribution in [0.2, 0.25) is 0 Å². The molecule has 100 valence electrons. The summed E-state index contributed by atoms with van der Waals surface area (Å²) in [4.78, 5) is 20.7. The summed E-state index contributed by atoms with van der Waals surface area (Å²) < 4.78 is 1.35. The Kier molecular flexibility index (Phi) is 5.25. The summed E-state index contributed by atoms with van der Waals surface area (Å²) in [6, 6.07) is 0. The van der Waals surface area contributed by atoms with Crippen molar-refractivity contribution < 1.29 is 24.9 Å². The molecule has 0 spiro atoms. The molecule has 3 N–H and O–H groups in total. The number of aromatic nitrogens is 3. The predicted octanol–water partition coefficient (Wildman–Crippen LogP) is -0.479. The van der Waals surface area contributed by atoms with E-state index in [0.29, 0.717) is 18.5 Å². The van der Waals surface area contributed by atoms with Crippen LogP contribution in [0.15, 0.2) is 6.20 Å². The van der Waals surface area contributed by atoms with Crippen molar-refractivity contribution in [3.05, 3.63) is 11.9 Å². The van der Waals surface area contributed by atoms with E-state index in [0.717, 1.165) is 0 Å². The van der Waals surface area contributed by atoms with Gasteiger partial charge >= 0.3 is 11.9 Å². The second kappa shape index (κ2) is 6.70. The van der Waals surface area contributed by atoms with Crippen molar-refractivity contribution in [2.75, 3.05) is 0 Å². The number of rotatable bonds is 8. The van der Waals surface area contributed by atoms with Crippen molar-refractivity contribution >= 4 is 11.9 Å². The van der Waals surface area contributed by atoms with Gasteiger partial charge in [0.1, 0.15) is 0 Å². The number of aliphatic hydroxyl groups is 1. The van der Waals surface area contributed by atoms with Crippen LogP contribution < -0.4 is 0 Å². The van der Waals surface area contributed by atoms with Gasteiger partial charge in [0.2, 0.25) is 0 Å². The van der Waals surface area contributed by atoms with E-state index in [-0.39, 0.29) is 19.4 Å². The molecular formula is C10H15N3O5. The average molecular weight is 257 g/mol. The molecule has 0 unspecified atom stereocenters. The van der Waals surface area contributed by atoms with Gasteiger partial charge in [-0.3, -0.25) is 9.59 Å². The first-order valence-corrected chi connectivity index (χ1v) is 5.48. The highest BCUT2D eigenvalue weighted by Crippen LogP contribution is 2.03. The fraction of sp³-hybridized carbons (Fsp3) is 0.600. The molecular weight excluding hydrogens is 242 g/mol. The summed E-state index contributed by atoms with van der Waals surface area (Å²) in [5.74, 6) is -1.94. The number of nitrogens with zero attached hydrogens (tertiary/aromatic N) is 3.